The molecule has 0 atom stereocenters. The Hall–Kier alpha value is 0.326. The highest BCUT2D eigenvalue weighted by molar-refractivity contribution is 6.43. The van der Waals surface area contributed by atoms with E-state index in [9.17, 15) is 4.79 Å². The Labute approximate surface area is 113 Å². The molecule has 0 saturated carbocycles. The largest absolute Gasteiger partial charge is 0.425 e. The number of benzene rings is 1. The van der Waals surface area contributed by atoms with E-state index in [1.807, 2.05) is 0 Å². The molecule has 1 aromatic carbocycles. The maximum Gasteiger partial charge on any atom is 0.316 e. The summed E-state index contributed by atoms with van der Waals surface area (Å²) >= 11 is 17.1. The third kappa shape index (κ3) is 3.83. The van der Waals surface area contributed by atoms with E-state index in [4.69, 9.17) is 39.5 Å². The minimum absolute atomic E-state index is 0. The van der Waals surface area contributed by atoms with Crippen LogP contribution in [-0.2, 0) is 4.79 Å². The van der Waals surface area contributed by atoms with E-state index in [0.717, 1.165) is 0 Å². The average molecular weight is 266 g/mol. The Balaban J connectivity index is 0.00000169. The fraction of sp³-hybridized carbons (Fsp3) is 0.125. The second kappa shape index (κ2) is 6.03. The molecule has 0 aliphatic heterocycles. The molecule has 0 bridgehead atoms. The van der Waals surface area contributed by atoms with Gasteiger partial charge in [0.05, 0.1) is 15.1 Å². The van der Waals surface area contributed by atoms with Crippen molar-refractivity contribution in [2.24, 2.45) is 0 Å². The first-order chi connectivity index (χ1) is 6.00. The van der Waals surface area contributed by atoms with E-state index in [0.29, 0.717) is 10.0 Å². The maximum absolute atomic E-state index is 10.6. The molecule has 2 nitrogen and oxygen atoms in total. The molecule has 0 radical (unpaired) electrons. The van der Waals surface area contributed by atoms with Crippen molar-refractivity contribution in [3.63, 3.8) is 0 Å². The van der Waals surface area contributed by atoms with Crippen LogP contribution >= 0.6 is 34.8 Å². The fourth-order valence-corrected chi connectivity index (χ4v) is 1.31. The summed E-state index contributed by atoms with van der Waals surface area (Å²) in [6, 6.07) is 2.82. The van der Waals surface area contributed by atoms with Crippen molar-refractivity contribution in [1.82, 2.24) is 0 Å². The first kappa shape index (κ1) is 14.3. The van der Waals surface area contributed by atoms with E-state index in [-0.39, 0.29) is 33.8 Å². The highest BCUT2D eigenvalue weighted by atomic mass is 35.5. The fourth-order valence-electron chi connectivity index (χ4n) is 0.737. The quantitative estimate of drug-likeness (QED) is 0.338. The number of ether oxygens (including phenoxy) is 1. The number of hydrogen-bond acceptors (Lipinski definition) is 2. The van der Waals surface area contributed by atoms with Crippen molar-refractivity contribution in [2.75, 3.05) is 0 Å². The van der Waals surface area contributed by atoms with Crippen molar-refractivity contribution in [3.8, 4) is 5.75 Å². The summed E-state index contributed by atoms with van der Waals surface area (Å²) in [5.74, 6) is -0.246. The van der Waals surface area contributed by atoms with E-state index >= 15 is 0 Å². The average Bonchev–Trinajstić information content (AvgIpc) is 1.99. The monoisotopic (exact) mass is 264 g/mol. The Morgan fingerprint density at radius 1 is 1.14 bits per heavy atom. The molecule has 14 heavy (non-hydrogen) atoms. The number of rotatable bonds is 1. The van der Waals surface area contributed by atoms with Crippen molar-refractivity contribution in [3.05, 3.63) is 27.2 Å². The summed E-state index contributed by atoms with van der Waals surface area (Å²) in [7, 11) is 0. The van der Waals surface area contributed by atoms with Crippen LogP contribution in [0.1, 0.15) is 6.92 Å². The molecule has 0 saturated heterocycles. The number of halogens is 3. The number of carbonyl (C=O) groups is 1. The summed E-state index contributed by atoms with van der Waals surface area (Å²) in [4.78, 5) is 10.6. The van der Waals surface area contributed by atoms with Crippen molar-refractivity contribution >= 4 is 63.8 Å². The zero-order valence-corrected chi connectivity index (χ0v) is 8.87. The van der Waals surface area contributed by atoms with Gasteiger partial charge in [-0.25, -0.2) is 0 Å². The molecular formula is C8H7Cl3MgO2. The van der Waals surface area contributed by atoms with Gasteiger partial charge in [0.25, 0.3) is 0 Å². The first-order valence-corrected chi connectivity index (χ1v) is 4.47. The van der Waals surface area contributed by atoms with Crippen LogP contribution in [0.15, 0.2) is 12.1 Å². The van der Waals surface area contributed by atoms with Gasteiger partial charge in [-0.3, -0.25) is 4.79 Å². The van der Waals surface area contributed by atoms with Gasteiger partial charge in [-0.15, -0.1) is 0 Å². The topological polar surface area (TPSA) is 26.3 Å². The molecule has 1 aromatic rings. The highest BCUT2D eigenvalue weighted by Gasteiger charge is 2.08. The van der Waals surface area contributed by atoms with Crippen LogP contribution in [0, 0.1) is 0 Å². The van der Waals surface area contributed by atoms with Crippen molar-refractivity contribution in [1.29, 1.82) is 0 Å². The van der Waals surface area contributed by atoms with Crippen molar-refractivity contribution < 1.29 is 9.53 Å². The summed E-state index contributed by atoms with van der Waals surface area (Å²) in [6.45, 7) is 1.28. The second-order valence-corrected chi connectivity index (χ2v) is 3.51. The maximum atomic E-state index is 10.6. The van der Waals surface area contributed by atoms with Gasteiger partial charge >= 0.3 is 29.0 Å². The zero-order chi connectivity index (χ0) is 10.0. The van der Waals surface area contributed by atoms with Gasteiger partial charge in [0.2, 0.25) is 0 Å². The molecule has 0 N–H and O–H groups in total. The number of esters is 1. The van der Waals surface area contributed by atoms with Gasteiger partial charge in [-0.05, 0) is 6.07 Å². The molecule has 0 spiro atoms. The Morgan fingerprint density at radius 3 is 2.14 bits per heavy atom. The van der Waals surface area contributed by atoms with Crippen LogP contribution < -0.4 is 4.74 Å². The lowest BCUT2D eigenvalue weighted by Gasteiger charge is -2.04. The smallest absolute Gasteiger partial charge is 0.316 e. The second-order valence-electron chi connectivity index (χ2n) is 2.29. The number of hydrogen-bond donors (Lipinski definition) is 0. The third-order valence-electron chi connectivity index (χ3n) is 1.23. The molecular weight excluding hydrogens is 259 g/mol. The molecule has 1 rings (SSSR count). The van der Waals surface area contributed by atoms with Crippen LogP contribution in [-0.4, -0.2) is 29.0 Å². The van der Waals surface area contributed by atoms with E-state index in [2.05, 4.69) is 0 Å². The number of carbonyl (C=O) groups excluding carboxylic acids is 1. The molecule has 0 aliphatic rings. The highest BCUT2D eigenvalue weighted by Crippen LogP contribution is 2.33. The Bertz CT molecular complexity index is 355. The lowest BCUT2D eigenvalue weighted by molar-refractivity contribution is -0.131. The molecule has 0 aromatic heterocycles. The lowest BCUT2D eigenvalue weighted by Crippen LogP contribution is -2.01. The SMILES string of the molecule is CC(=O)Oc1cc(Cl)c(Cl)cc1Cl.[MgH2]. The van der Waals surface area contributed by atoms with Crippen LogP contribution in [0.2, 0.25) is 15.1 Å². The molecule has 0 amide bonds. The van der Waals surface area contributed by atoms with Crippen LogP contribution in [0.25, 0.3) is 0 Å². The van der Waals surface area contributed by atoms with Crippen LogP contribution in [0.5, 0.6) is 5.75 Å². The van der Waals surface area contributed by atoms with Gasteiger partial charge in [0.15, 0.2) is 5.75 Å². The van der Waals surface area contributed by atoms with E-state index in [1.165, 1.54) is 19.1 Å². The van der Waals surface area contributed by atoms with Gasteiger partial charge in [0.1, 0.15) is 0 Å². The summed E-state index contributed by atoms with van der Waals surface area (Å²) in [6.07, 6.45) is 0. The standard InChI is InChI=1S/C8H5Cl3O2.Mg.2H/c1-4(12)13-8-3-6(10)5(9)2-7(8)11;;;/h2-3H,1H3;;;. The normalized spacial score (nSPS) is 9.14. The Morgan fingerprint density at radius 2 is 1.64 bits per heavy atom. The predicted octanol–water partition coefficient (Wildman–Crippen LogP) is 2.66. The minimum Gasteiger partial charge on any atom is -0.425 e. The minimum atomic E-state index is -0.458. The summed E-state index contributed by atoms with van der Waals surface area (Å²) in [5.41, 5.74) is 0. The van der Waals surface area contributed by atoms with Gasteiger partial charge in [-0.1, -0.05) is 34.8 Å². The zero-order valence-electron chi connectivity index (χ0n) is 6.61. The van der Waals surface area contributed by atoms with Gasteiger partial charge < -0.3 is 4.74 Å². The van der Waals surface area contributed by atoms with E-state index < -0.39 is 5.97 Å². The molecule has 74 valence electrons. The van der Waals surface area contributed by atoms with Gasteiger partial charge in [-0.2, -0.15) is 0 Å². The Kier molecular flexibility index (Phi) is 6.17. The molecule has 0 heterocycles. The predicted molar refractivity (Wildman–Crippen MR) is 61.3 cm³/mol. The van der Waals surface area contributed by atoms with Gasteiger partial charge in [0, 0.05) is 13.0 Å². The lowest BCUT2D eigenvalue weighted by atomic mass is 10.3. The van der Waals surface area contributed by atoms with Crippen molar-refractivity contribution in [2.45, 2.75) is 6.92 Å². The molecule has 6 heteroatoms. The summed E-state index contributed by atoms with van der Waals surface area (Å²) in [5, 5.41) is 0.870. The molecule has 0 unspecified atom stereocenters. The van der Waals surface area contributed by atoms with E-state index in [1.54, 1.807) is 0 Å². The third-order valence-corrected chi connectivity index (χ3v) is 2.25. The molecule has 0 fully saturated rings. The summed E-state index contributed by atoms with van der Waals surface area (Å²) < 4.78 is 4.77. The first-order valence-electron chi connectivity index (χ1n) is 3.33. The van der Waals surface area contributed by atoms with Crippen LogP contribution in [0.4, 0.5) is 0 Å². The molecule has 0 aliphatic carbocycles. The van der Waals surface area contributed by atoms with Crippen LogP contribution in [0.3, 0.4) is 0 Å².